The summed E-state index contributed by atoms with van der Waals surface area (Å²) in [6.07, 6.45) is 0. The molecule has 0 unspecified atom stereocenters. The van der Waals surface area contributed by atoms with E-state index in [-0.39, 0.29) is 0 Å². The van der Waals surface area contributed by atoms with Gasteiger partial charge in [0.15, 0.2) is 4.80 Å². The molecule has 176 valence electrons. The van der Waals surface area contributed by atoms with Gasteiger partial charge in [0.05, 0.1) is 29.5 Å². The second-order valence-corrected chi connectivity index (χ2v) is 11.6. The second-order valence-electron chi connectivity index (χ2n) is 8.83. The second kappa shape index (κ2) is 9.93. The molecular weight excluding hydrogens is 454 g/mol. The van der Waals surface area contributed by atoms with E-state index in [1.165, 1.54) is 21.0 Å². The third kappa shape index (κ3) is 5.30. The molecule has 6 nitrogen and oxygen atoms in total. The van der Waals surface area contributed by atoms with Crippen molar-refractivity contribution in [2.24, 2.45) is 10.9 Å². The van der Waals surface area contributed by atoms with E-state index in [2.05, 4.69) is 55.8 Å². The zero-order chi connectivity index (χ0) is 23.6. The molecular formula is C25H31N3O3S2. The Morgan fingerprint density at radius 1 is 1.03 bits per heavy atom. The summed E-state index contributed by atoms with van der Waals surface area (Å²) >= 11 is 1.61. The number of ether oxygens (including phenoxy) is 1. The van der Waals surface area contributed by atoms with Crippen molar-refractivity contribution < 1.29 is 13.2 Å². The Morgan fingerprint density at radius 3 is 2.36 bits per heavy atom. The van der Waals surface area contributed by atoms with Gasteiger partial charge in [-0.1, -0.05) is 26.0 Å². The molecule has 0 spiro atoms. The fourth-order valence-corrected chi connectivity index (χ4v) is 6.18. The van der Waals surface area contributed by atoms with E-state index in [0.29, 0.717) is 37.1 Å². The number of sulfonamides is 1. The van der Waals surface area contributed by atoms with Gasteiger partial charge in [0.25, 0.3) is 0 Å². The van der Waals surface area contributed by atoms with Crippen LogP contribution in [0.2, 0.25) is 0 Å². The smallest absolute Gasteiger partial charge is 0.243 e. The number of hydrogen-bond acceptors (Lipinski definition) is 5. The molecule has 2 aromatic carbocycles. The lowest BCUT2D eigenvalue weighted by molar-refractivity contribution is 0.0730. The van der Waals surface area contributed by atoms with Crippen LogP contribution in [0, 0.1) is 19.8 Å². The van der Waals surface area contributed by atoms with Crippen LogP contribution in [0.3, 0.4) is 0 Å². The van der Waals surface area contributed by atoms with Crippen LogP contribution < -0.4 is 4.80 Å². The molecule has 1 aliphatic heterocycles. The van der Waals surface area contributed by atoms with Crippen LogP contribution in [0.25, 0.3) is 11.3 Å². The van der Waals surface area contributed by atoms with Crippen LogP contribution in [-0.2, 0) is 21.3 Å². The van der Waals surface area contributed by atoms with Crippen LogP contribution in [0.15, 0.2) is 57.7 Å². The normalized spacial score (nSPS) is 16.0. The summed E-state index contributed by atoms with van der Waals surface area (Å²) in [5.74, 6) is 0.463. The molecule has 0 bridgehead atoms. The topological polar surface area (TPSA) is 63.9 Å². The highest BCUT2D eigenvalue weighted by molar-refractivity contribution is 7.89. The van der Waals surface area contributed by atoms with E-state index >= 15 is 0 Å². The Balaban J connectivity index is 1.68. The average molecular weight is 486 g/mol. The Morgan fingerprint density at radius 2 is 1.73 bits per heavy atom. The predicted molar refractivity (Wildman–Crippen MR) is 133 cm³/mol. The number of benzene rings is 2. The van der Waals surface area contributed by atoms with Gasteiger partial charge in [-0.15, -0.1) is 11.3 Å². The van der Waals surface area contributed by atoms with Gasteiger partial charge < -0.3 is 9.30 Å². The van der Waals surface area contributed by atoms with Gasteiger partial charge in [-0.3, -0.25) is 0 Å². The van der Waals surface area contributed by atoms with Gasteiger partial charge in [0.1, 0.15) is 0 Å². The van der Waals surface area contributed by atoms with Gasteiger partial charge in [-0.2, -0.15) is 4.31 Å². The molecule has 0 radical (unpaired) electrons. The van der Waals surface area contributed by atoms with Crippen LogP contribution in [0.5, 0.6) is 0 Å². The maximum Gasteiger partial charge on any atom is 0.243 e. The Kier molecular flexibility index (Phi) is 7.19. The van der Waals surface area contributed by atoms with Crippen molar-refractivity contribution in [3.63, 3.8) is 0 Å². The van der Waals surface area contributed by atoms with Crippen LogP contribution in [0.1, 0.15) is 25.0 Å². The SMILES string of the molecule is Cc1ccc(-c2csc(=Nc3ccc(S(=O)(=O)N4CCOCC4)cc3)n2CC(C)C)cc1C. The molecule has 3 aromatic rings. The molecule has 8 heteroatoms. The number of aromatic nitrogens is 1. The third-order valence-corrected chi connectivity index (χ3v) is 8.59. The summed E-state index contributed by atoms with van der Waals surface area (Å²) < 4.78 is 34.8. The number of aryl methyl sites for hydroxylation is 2. The van der Waals surface area contributed by atoms with Gasteiger partial charge in [-0.05, 0) is 66.8 Å². The van der Waals surface area contributed by atoms with Crippen molar-refractivity contribution in [3.05, 3.63) is 63.8 Å². The number of thiazole rings is 1. The minimum Gasteiger partial charge on any atom is -0.379 e. The largest absolute Gasteiger partial charge is 0.379 e. The van der Waals surface area contributed by atoms with Crippen LogP contribution in [0.4, 0.5) is 5.69 Å². The van der Waals surface area contributed by atoms with Gasteiger partial charge >= 0.3 is 0 Å². The lowest BCUT2D eigenvalue weighted by atomic mass is 10.0. The van der Waals surface area contributed by atoms with Crippen LogP contribution >= 0.6 is 11.3 Å². The number of morpholine rings is 1. The summed E-state index contributed by atoms with van der Waals surface area (Å²) in [5, 5.41) is 2.16. The monoisotopic (exact) mass is 485 g/mol. The quantitative estimate of drug-likeness (QED) is 0.506. The van der Waals surface area contributed by atoms with E-state index in [1.54, 1.807) is 35.6 Å². The molecule has 4 rings (SSSR count). The van der Waals surface area contributed by atoms with E-state index in [0.717, 1.165) is 22.7 Å². The van der Waals surface area contributed by atoms with Crippen LogP contribution in [-0.4, -0.2) is 43.6 Å². The molecule has 1 aromatic heterocycles. The first kappa shape index (κ1) is 23.9. The molecule has 33 heavy (non-hydrogen) atoms. The maximum atomic E-state index is 12.9. The molecule has 0 N–H and O–H groups in total. The Bertz CT molecular complexity index is 1280. The zero-order valence-corrected chi connectivity index (χ0v) is 21.2. The van der Waals surface area contributed by atoms with Crippen molar-refractivity contribution in [1.82, 2.24) is 8.87 Å². The van der Waals surface area contributed by atoms with Crippen molar-refractivity contribution in [3.8, 4) is 11.3 Å². The van der Waals surface area contributed by atoms with Crippen molar-refractivity contribution >= 4 is 27.0 Å². The minimum absolute atomic E-state index is 0.292. The van der Waals surface area contributed by atoms with E-state index < -0.39 is 10.0 Å². The Labute approximate surface area is 200 Å². The summed E-state index contributed by atoms with van der Waals surface area (Å²) in [6, 6.07) is 13.4. The Hall–Kier alpha value is -2.26. The van der Waals surface area contributed by atoms with Gasteiger partial charge in [0, 0.05) is 25.0 Å². The average Bonchev–Trinajstić information content (AvgIpc) is 3.18. The third-order valence-electron chi connectivity index (χ3n) is 5.82. The first-order chi connectivity index (χ1) is 15.8. The van der Waals surface area contributed by atoms with Crippen molar-refractivity contribution in [2.45, 2.75) is 39.1 Å². The molecule has 0 saturated carbocycles. The molecule has 0 amide bonds. The summed E-state index contributed by atoms with van der Waals surface area (Å²) in [6.45, 7) is 11.2. The van der Waals surface area contributed by atoms with E-state index in [4.69, 9.17) is 9.73 Å². The molecule has 1 saturated heterocycles. The summed E-state index contributed by atoms with van der Waals surface area (Å²) in [4.78, 5) is 6.06. The first-order valence-electron chi connectivity index (χ1n) is 11.2. The fraction of sp³-hybridized carbons (Fsp3) is 0.400. The molecule has 2 heterocycles. The minimum atomic E-state index is -3.51. The predicted octanol–water partition coefficient (Wildman–Crippen LogP) is 4.74. The summed E-state index contributed by atoms with van der Waals surface area (Å²) in [5.41, 5.74) is 5.62. The molecule has 1 aliphatic rings. The molecule has 0 atom stereocenters. The number of hydrogen-bond donors (Lipinski definition) is 0. The zero-order valence-electron chi connectivity index (χ0n) is 19.6. The van der Waals surface area contributed by atoms with E-state index in [1.807, 2.05) is 0 Å². The van der Waals surface area contributed by atoms with Crippen molar-refractivity contribution in [2.75, 3.05) is 26.3 Å². The lowest BCUT2D eigenvalue weighted by Gasteiger charge is -2.26. The first-order valence-corrected chi connectivity index (χ1v) is 13.6. The highest BCUT2D eigenvalue weighted by Crippen LogP contribution is 2.25. The number of rotatable bonds is 6. The standard InChI is InChI=1S/C25H31N3O3S2/c1-18(2)16-28-24(21-6-5-19(3)20(4)15-21)17-32-25(28)26-22-7-9-23(10-8-22)33(29,30)27-11-13-31-14-12-27/h5-10,15,17-18H,11-14,16H2,1-4H3. The van der Waals surface area contributed by atoms with Crippen molar-refractivity contribution in [1.29, 1.82) is 0 Å². The summed E-state index contributed by atoms with van der Waals surface area (Å²) in [7, 11) is -3.51. The lowest BCUT2D eigenvalue weighted by Crippen LogP contribution is -2.40. The highest BCUT2D eigenvalue weighted by Gasteiger charge is 2.26. The highest BCUT2D eigenvalue weighted by atomic mass is 32.2. The van der Waals surface area contributed by atoms with Gasteiger partial charge in [0.2, 0.25) is 10.0 Å². The maximum absolute atomic E-state index is 12.9. The van der Waals surface area contributed by atoms with E-state index in [9.17, 15) is 8.42 Å². The molecule has 1 fully saturated rings. The fourth-order valence-electron chi connectivity index (χ4n) is 3.83. The number of nitrogens with zero attached hydrogens (tertiary/aromatic N) is 3. The van der Waals surface area contributed by atoms with Gasteiger partial charge in [-0.25, -0.2) is 13.4 Å². The molecule has 0 aliphatic carbocycles.